The molecule has 1 fully saturated rings. The zero-order chi connectivity index (χ0) is 21.6. The molecule has 164 valence electrons. The van der Waals surface area contributed by atoms with E-state index >= 15 is 0 Å². The smallest absolute Gasteiger partial charge is 0.209 e. The monoisotopic (exact) mass is 424 g/mol. The number of tetrazole rings is 1. The second kappa shape index (κ2) is 10.1. The Morgan fingerprint density at radius 1 is 0.935 bits per heavy atom. The molecular weight excluding hydrogens is 391 g/mol. The van der Waals surface area contributed by atoms with Crippen LogP contribution in [0, 0.1) is 11.7 Å². The maximum atomic E-state index is 13.3. The average molecular weight is 425 g/mol. The minimum atomic E-state index is -0.223. The molecule has 1 aliphatic rings. The number of nitrogens with one attached hydrogen (secondary N) is 2. The second-order valence-electron chi connectivity index (χ2n) is 9.07. The van der Waals surface area contributed by atoms with Crippen LogP contribution in [-0.2, 0) is 13.1 Å². The third kappa shape index (κ3) is 5.74. The van der Waals surface area contributed by atoms with E-state index in [0.29, 0.717) is 12.5 Å². The summed E-state index contributed by atoms with van der Waals surface area (Å²) in [5.74, 6) is 1.28. The predicted octanol–water partition coefficient (Wildman–Crippen LogP) is 0.931. The Balaban J connectivity index is 1.45. The molecule has 0 radical (unpaired) electrons. The second-order valence-corrected chi connectivity index (χ2v) is 9.07. The average Bonchev–Trinajstić information content (AvgIpc) is 3.23. The van der Waals surface area contributed by atoms with Crippen LogP contribution in [0.1, 0.15) is 43.3 Å². The highest BCUT2D eigenvalue weighted by Gasteiger charge is 2.34. The van der Waals surface area contributed by atoms with Crippen LogP contribution in [0.3, 0.4) is 0 Å². The molecule has 1 aliphatic heterocycles. The van der Waals surface area contributed by atoms with Gasteiger partial charge in [-0.25, -0.2) is 9.07 Å². The summed E-state index contributed by atoms with van der Waals surface area (Å²) >= 11 is 0. The third-order valence-corrected chi connectivity index (χ3v) is 6.21. The summed E-state index contributed by atoms with van der Waals surface area (Å²) in [6.07, 6.45) is 1.05. The number of quaternary nitrogens is 2. The minimum Gasteiger partial charge on any atom is -0.322 e. The molecule has 1 aromatic heterocycles. The van der Waals surface area contributed by atoms with Crippen molar-refractivity contribution in [1.82, 2.24) is 20.2 Å². The number of nitrogens with zero attached hydrogens (tertiary/aromatic N) is 4. The fourth-order valence-corrected chi connectivity index (χ4v) is 4.60. The van der Waals surface area contributed by atoms with Crippen LogP contribution >= 0.6 is 0 Å². The number of benzene rings is 2. The maximum Gasteiger partial charge on any atom is 0.209 e. The lowest BCUT2D eigenvalue weighted by molar-refractivity contribution is -1.03. The van der Waals surface area contributed by atoms with Crippen molar-refractivity contribution in [3.8, 4) is 0 Å². The first-order chi connectivity index (χ1) is 15.1. The Kier molecular flexibility index (Phi) is 7.04. The molecule has 0 aliphatic carbocycles. The molecular formula is C24H33FN6+2. The fourth-order valence-electron chi connectivity index (χ4n) is 4.60. The molecule has 2 N–H and O–H groups in total. The molecule has 0 saturated carbocycles. The quantitative estimate of drug-likeness (QED) is 0.566. The summed E-state index contributed by atoms with van der Waals surface area (Å²) in [7, 11) is 0. The van der Waals surface area contributed by atoms with Crippen molar-refractivity contribution in [3.63, 3.8) is 0 Å². The molecule has 7 heteroatoms. The normalized spacial score (nSPS) is 20.1. The Labute approximate surface area is 183 Å². The molecule has 1 saturated heterocycles. The maximum absolute atomic E-state index is 13.3. The van der Waals surface area contributed by atoms with Gasteiger partial charge in [0.15, 0.2) is 6.04 Å². The molecule has 31 heavy (non-hydrogen) atoms. The number of aromatic nitrogens is 4. The summed E-state index contributed by atoms with van der Waals surface area (Å²) in [5, 5.41) is 12.7. The van der Waals surface area contributed by atoms with Gasteiger partial charge in [-0.3, -0.25) is 0 Å². The van der Waals surface area contributed by atoms with Crippen molar-refractivity contribution in [2.75, 3.05) is 26.2 Å². The Morgan fingerprint density at radius 3 is 2.32 bits per heavy atom. The highest BCUT2D eigenvalue weighted by molar-refractivity contribution is 5.16. The van der Waals surface area contributed by atoms with Gasteiger partial charge in [0.1, 0.15) is 38.5 Å². The lowest BCUT2D eigenvalue weighted by atomic mass is 10.0. The summed E-state index contributed by atoms with van der Waals surface area (Å²) in [5.41, 5.74) is 2.41. The first-order valence-electron chi connectivity index (χ1n) is 11.3. The Morgan fingerprint density at radius 2 is 1.65 bits per heavy atom. The van der Waals surface area contributed by atoms with E-state index in [4.69, 9.17) is 0 Å². The van der Waals surface area contributed by atoms with E-state index in [0.717, 1.165) is 50.5 Å². The molecule has 3 aromatic rings. The van der Waals surface area contributed by atoms with Gasteiger partial charge < -0.3 is 9.80 Å². The van der Waals surface area contributed by atoms with Crippen molar-refractivity contribution >= 4 is 0 Å². The van der Waals surface area contributed by atoms with E-state index < -0.39 is 0 Å². The zero-order valence-corrected chi connectivity index (χ0v) is 18.5. The van der Waals surface area contributed by atoms with Gasteiger partial charge in [0.05, 0.1) is 6.54 Å². The van der Waals surface area contributed by atoms with E-state index in [1.807, 2.05) is 4.68 Å². The fraction of sp³-hybridized carbons (Fsp3) is 0.458. The van der Waals surface area contributed by atoms with Crippen LogP contribution < -0.4 is 9.80 Å². The summed E-state index contributed by atoms with van der Waals surface area (Å²) in [6, 6.07) is 17.6. The van der Waals surface area contributed by atoms with Crippen molar-refractivity contribution in [1.29, 1.82) is 0 Å². The van der Waals surface area contributed by atoms with Crippen LogP contribution in [0.2, 0.25) is 0 Å². The summed E-state index contributed by atoms with van der Waals surface area (Å²) in [6.45, 7) is 10.7. The van der Waals surface area contributed by atoms with E-state index in [2.05, 4.69) is 59.7 Å². The van der Waals surface area contributed by atoms with Crippen molar-refractivity contribution in [2.45, 2.75) is 39.4 Å². The SMILES string of the molecule is CC(C)C[C@H](c1nnnn1Cc1ccc(F)cc1)[NH+]1CC[NH+](Cc2ccccc2)CC1. The highest BCUT2D eigenvalue weighted by Crippen LogP contribution is 2.17. The number of halogens is 1. The van der Waals surface area contributed by atoms with Crippen molar-refractivity contribution in [3.05, 3.63) is 77.4 Å². The molecule has 2 aromatic carbocycles. The first-order valence-corrected chi connectivity index (χ1v) is 11.3. The van der Waals surface area contributed by atoms with E-state index in [1.54, 1.807) is 21.9 Å². The third-order valence-electron chi connectivity index (χ3n) is 6.21. The van der Waals surface area contributed by atoms with Gasteiger partial charge in [0.2, 0.25) is 5.82 Å². The largest absolute Gasteiger partial charge is 0.322 e. The van der Waals surface area contributed by atoms with Crippen LogP contribution in [0.4, 0.5) is 4.39 Å². The molecule has 0 bridgehead atoms. The molecule has 0 amide bonds. The molecule has 0 unspecified atom stereocenters. The number of hydrogen-bond donors (Lipinski definition) is 2. The van der Waals surface area contributed by atoms with Gasteiger partial charge in [-0.1, -0.05) is 56.3 Å². The van der Waals surface area contributed by atoms with Gasteiger partial charge in [-0.05, 0) is 34.0 Å². The van der Waals surface area contributed by atoms with Crippen LogP contribution in [0.5, 0.6) is 0 Å². The Bertz CT molecular complexity index is 932. The van der Waals surface area contributed by atoms with Gasteiger partial charge in [-0.15, -0.1) is 5.10 Å². The lowest BCUT2D eigenvalue weighted by Gasteiger charge is -2.34. The van der Waals surface area contributed by atoms with Crippen molar-refractivity contribution < 1.29 is 14.2 Å². The van der Waals surface area contributed by atoms with Crippen molar-refractivity contribution in [2.24, 2.45) is 5.92 Å². The Hall–Kier alpha value is -2.64. The number of piperazine rings is 1. The van der Waals surface area contributed by atoms with Crippen LogP contribution in [0.15, 0.2) is 54.6 Å². The predicted molar refractivity (Wildman–Crippen MR) is 117 cm³/mol. The molecule has 1 atom stereocenters. The molecule has 4 rings (SSSR count). The van der Waals surface area contributed by atoms with E-state index in [9.17, 15) is 4.39 Å². The summed E-state index contributed by atoms with van der Waals surface area (Å²) < 4.78 is 15.2. The van der Waals surface area contributed by atoms with Gasteiger partial charge in [0.25, 0.3) is 0 Å². The zero-order valence-electron chi connectivity index (χ0n) is 18.5. The van der Waals surface area contributed by atoms with Crippen LogP contribution in [-0.4, -0.2) is 46.4 Å². The molecule has 6 nitrogen and oxygen atoms in total. The molecule has 2 heterocycles. The first kappa shape index (κ1) is 21.6. The minimum absolute atomic E-state index is 0.223. The van der Waals surface area contributed by atoms with Gasteiger partial charge >= 0.3 is 0 Å². The van der Waals surface area contributed by atoms with Crippen LogP contribution in [0.25, 0.3) is 0 Å². The highest BCUT2D eigenvalue weighted by atomic mass is 19.1. The number of rotatable bonds is 8. The lowest BCUT2D eigenvalue weighted by Crippen LogP contribution is -3.27. The topological polar surface area (TPSA) is 52.5 Å². The van der Waals surface area contributed by atoms with E-state index in [1.165, 1.54) is 17.7 Å². The molecule has 0 spiro atoms. The van der Waals surface area contributed by atoms with Gasteiger partial charge in [-0.2, -0.15) is 0 Å². The standard InChI is InChI=1S/C24H31FN6/c1-19(2)16-23(24-26-27-28-31(24)18-21-8-10-22(25)11-9-21)30-14-12-29(13-15-30)17-20-6-4-3-5-7-20/h3-11,19,23H,12-18H2,1-2H3/p+2/t23-/m1/s1. The number of hydrogen-bond acceptors (Lipinski definition) is 3. The van der Waals surface area contributed by atoms with E-state index in [-0.39, 0.29) is 11.9 Å². The summed E-state index contributed by atoms with van der Waals surface area (Å²) in [4.78, 5) is 3.21. The van der Waals surface area contributed by atoms with Gasteiger partial charge in [0, 0.05) is 12.0 Å².